The molecule has 0 radical (unpaired) electrons. The predicted octanol–water partition coefficient (Wildman–Crippen LogP) is 12.5. The monoisotopic (exact) mass is 667 g/mol. The number of hydrogen-bond acceptors (Lipinski definition) is 6. The Balaban J connectivity index is 4.30. The summed E-state index contributed by atoms with van der Waals surface area (Å²) < 4.78 is 16.6. The van der Waals surface area contributed by atoms with E-state index in [-0.39, 0.29) is 31.1 Å². The van der Waals surface area contributed by atoms with Gasteiger partial charge in [-0.2, -0.15) is 0 Å². The molecule has 0 spiro atoms. The number of unbranched alkanes of at least 4 members (excludes halogenated alkanes) is 26. The lowest BCUT2D eigenvalue weighted by Crippen LogP contribution is -2.30. The minimum absolute atomic E-state index is 0.0639. The van der Waals surface area contributed by atoms with Crippen molar-refractivity contribution < 1.29 is 28.6 Å². The molecule has 0 aliphatic carbocycles. The molecule has 0 aromatic heterocycles. The van der Waals surface area contributed by atoms with Gasteiger partial charge in [-0.3, -0.25) is 14.4 Å². The number of rotatable bonds is 37. The largest absolute Gasteiger partial charge is 0.462 e. The van der Waals surface area contributed by atoms with Gasteiger partial charge in [-0.15, -0.1) is 0 Å². The van der Waals surface area contributed by atoms with Crippen LogP contribution in [0.15, 0.2) is 0 Å². The van der Waals surface area contributed by atoms with E-state index in [0.29, 0.717) is 19.3 Å². The molecule has 0 aromatic carbocycles. The molecule has 0 N–H and O–H groups in total. The molecule has 0 unspecified atom stereocenters. The Kier molecular flexibility index (Phi) is 36.0. The van der Waals surface area contributed by atoms with Crippen molar-refractivity contribution >= 4 is 17.9 Å². The van der Waals surface area contributed by atoms with E-state index in [1.165, 1.54) is 128 Å². The third kappa shape index (κ3) is 35.5. The van der Waals surface area contributed by atoms with E-state index in [1.807, 2.05) is 0 Å². The Hall–Kier alpha value is -1.59. The first-order chi connectivity index (χ1) is 23.0. The predicted molar refractivity (Wildman–Crippen MR) is 197 cm³/mol. The molecule has 6 nitrogen and oxygen atoms in total. The summed E-state index contributed by atoms with van der Waals surface area (Å²) in [6.45, 7) is 6.58. The van der Waals surface area contributed by atoms with Crippen LogP contribution < -0.4 is 0 Å². The van der Waals surface area contributed by atoms with Crippen LogP contribution >= 0.6 is 0 Å². The molecule has 1 atom stereocenters. The first-order valence-electron chi connectivity index (χ1n) is 20.5. The van der Waals surface area contributed by atoms with E-state index in [9.17, 15) is 14.4 Å². The average molecular weight is 667 g/mol. The van der Waals surface area contributed by atoms with Crippen molar-refractivity contribution in [2.75, 3.05) is 13.2 Å². The molecule has 47 heavy (non-hydrogen) atoms. The van der Waals surface area contributed by atoms with Crippen molar-refractivity contribution in [1.29, 1.82) is 0 Å². The Labute approximate surface area is 291 Å². The van der Waals surface area contributed by atoms with Crippen molar-refractivity contribution in [3.05, 3.63) is 0 Å². The van der Waals surface area contributed by atoms with Gasteiger partial charge in [0, 0.05) is 19.3 Å². The second-order valence-electron chi connectivity index (χ2n) is 13.9. The van der Waals surface area contributed by atoms with Crippen LogP contribution in [-0.2, 0) is 28.6 Å². The molecular formula is C41H78O6. The quantitative estimate of drug-likeness (QED) is 0.0373. The van der Waals surface area contributed by atoms with Crippen LogP contribution in [0.4, 0.5) is 0 Å². The summed E-state index contributed by atoms with van der Waals surface area (Å²) in [4.78, 5) is 37.4. The maximum absolute atomic E-state index is 12.6. The van der Waals surface area contributed by atoms with Crippen molar-refractivity contribution in [2.24, 2.45) is 0 Å². The fourth-order valence-corrected chi connectivity index (χ4v) is 5.97. The minimum Gasteiger partial charge on any atom is -0.462 e. The summed E-state index contributed by atoms with van der Waals surface area (Å²) >= 11 is 0. The first-order valence-corrected chi connectivity index (χ1v) is 20.5. The number of esters is 3. The normalized spacial score (nSPS) is 11.8. The molecule has 0 rings (SSSR count). The molecule has 278 valence electrons. The molecular weight excluding hydrogens is 588 g/mol. The van der Waals surface area contributed by atoms with Crippen LogP contribution in [0.5, 0.6) is 0 Å². The number of carbonyl (C=O) groups excluding carboxylic acids is 3. The van der Waals surface area contributed by atoms with Gasteiger partial charge in [-0.1, -0.05) is 188 Å². The van der Waals surface area contributed by atoms with Gasteiger partial charge in [0.15, 0.2) is 6.10 Å². The van der Waals surface area contributed by atoms with Crippen molar-refractivity contribution in [3.63, 3.8) is 0 Å². The maximum Gasteiger partial charge on any atom is 0.306 e. The van der Waals surface area contributed by atoms with Crippen molar-refractivity contribution in [2.45, 2.75) is 232 Å². The molecule has 0 aliphatic heterocycles. The van der Waals surface area contributed by atoms with E-state index in [4.69, 9.17) is 14.2 Å². The van der Waals surface area contributed by atoms with Crippen LogP contribution in [0.25, 0.3) is 0 Å². The maximum atomic E-state index is 12.6. The molecule has 6 heteroatoms. The van der Waals surface area contributed by atoms with E-state index in [0.717, 1.165) is 57.8 Å². The summed E-state index contributed by atoms with van der Waals surface area (Å²) in [7, 11) is 0. The SMILES string of the molecule is CCCCCCCCCCCCCCC(=O)OC[C@H](COC(=O)CCCCCCCCC)OC(=O)CCCCCCCCCCCC. The Morgan fingerprint density at radius 1 is 0.340 bits per heavy atom. The smallest absolute Gasteiger partial charge is 0.306 e. The van der Waals surface area contributed by atoms with Crippen LogP contribution in [0.2, 0.25) is 0 Å². The summed E-state index contributed by atoms with van der Waals surface area (Å²) in [6.07, 6.45) is 35.2. The molecule has 0 bridgehead atoms. The Morgan fingerprint density at radius 3 is 0.851 bits per heavy atom. The molecule has 0 saturated heterocycles. The van der Waals surface area contributed by atoms with Gasteiger partial charge in [0.1, 0.15) is 13.2 Å². The third-order valence-corrected chi connectivity index (χ3v) is 9.11. The van der Waals surface area contributed by atoms with Crippen LogP contribution in [-0.4, -0.2) is 37.2 Å². The zero-order valence-electron chi connectivity index (χ0n) is 31.6. The molecule has 0 aromatic rings. The van der Waals surface area contributed by atoms with E-state index < -0.39 is 6.10 Å². The number of carbonyl (C=O) groups is 3. The van der Waals surface area contributed by atoms with Gasteiger partial charge < -0.3 is 14.2 Å². The van der Waals surface area contributed by atoms with Gasteiger partial charge >= 0.3 is 17.9 Å². The molecule has 0 aliphatic rings. The summed E-state index contributed by atoms with van der Waals surface area (Å²) in [5.41, 5.74) is 0. The number of ether oxygens (including phenoxy) is 3. The third-order valence-electron chi connectivity index (χ3n) is 9.11. The summed E-state index contributed by atoms with van der Waals surface area (Å²) in [5.74, 6) is -0.867. The molecule has 0 saturated carbocycles. The average Bonchev–Trinajstić information content (AvgIpc) is 3.06. The zero-order valence-corrected chi connectivity index (χ0v) is 31.6. The summed E-state index contributed by atoms with van der Waals surface area (Å²) in [5, 5.41) is 0. The van der Waals surface area contributed by atoms with Gasteiger partial charge in [0.2, 0.25) is 0 Å². The number of hydrogen-bond donors (Lipinski definition) is 0. The van der Waals surface area contributed by atoms with Crippen molar-refractivity contribution in [1.82, 2.24) is 0 Å². The van der Waals surface area contributed by atoms with Crippen LogP contribution in [0.1, 0.15) is 226 Å². The van der Waals surface area contributed by atoms with Gasteiger partial charge in [0.25, 0.3) is 0 Å². The van der Waals surface area contributed by atoms with E-state index >= 15 is 0 Å². The fraction of sp³-hybridized carbons (Fsp3) is 0.927. The van der Waals surface area contributed by atoms with E-state index in [2.05, 4.69) is 20.8 Å². The first kappa shape index (κ1) is 45.4. The molecule has 0 heterocycles. The molecule has 0 fully saturated rings. The van der Waals surface area contributed by atoms with Gasteiger partial charge in [0.05, 0.1) is 0 Å². The van der Waals surface area contributed by atoms with Gasteiger partial charge in [-0.05, 0) is 19.3 Å². The highest BCUT2D eigenvalue weighted by Gasteiger charge is 2.19. The lowest BCUT2D eigenvalue weighted by molar-refractivity contribution is -0.167. The lowest BCUT2D eigenvalue weighted by Gasteiger charge is -2.18. The van der Waals surface area contributed by atoms with Crippen molar-refractivity contribution in [3.8, 4) is 0 Å². The highest BCUT2D eigenvalue weighted by atomic mass is 16.6. The van der Waals surface area contributed by atoms with E-state index in [1.54, 1.807) is 0 Å². The summed E-state index contributed by atoms with van der Waals surface area (Å²) in [6, 6.07) is 0. The zero-order chi connectivity index (χ0) is 34.5. The highest BCUT2D eigenvalue weighted by molar-refractivity contribution is 5.71. The topological polar surface area (TPSA) is 78.9 Å². The lowest BCUT2D eigenvalue weighted by atomic mass is 10.0. The Morgan fingerprint density at radius 2 is 0.574 bits per heavy atom. The standard InChI is InChI=1S/C41H78O6/c1-4-7-10-13-16-18-20-21-23-25-28-31-34-40(43)46-37-38(36-45-39(42)33-30-27-24-15-12-9-6-3)47-41(44)35-32-29-26-22-19-17-14-11-8-5-2/h38H,4-37H2,1-3H3/t38-/m0/s1. The van der Waals surface area contributed by atoms with Crippen LogP contribution in [0.3, 0.4) is 0 Å². The van der Waals surface area contributed by atoms with Crippen LogP contribution in [0, 0.1) is 0 Å². The highest BCUT2D eigenvalue weighted by Crippen LogP contribution is 2.15. The Bertz CT molecular complexity index is 693. The van der Waals surface area contributed by atoms with Gasteiger partial charge in [-0.25, -0.2) is 0 Å². The second-order valence-corrected chi connectivity index (χ2v) is 13.9. The minimum atomic E-state index is -0.755. The fourth-order valence-electron chi connectivity index (χ4n) is 5.97. The molecule has 0 amide bonds. The second kappa shape index (κ2) is 37.2.